The quantitative estimate of drug-likeness (QED) is 0.840. The van der Waals surface area contributed by atoms with Gasteiger partial charge in [-0.2, -0.15) is 0 Å². The highest BCUT2D eigenvalue weighted by Crippen LogP contribution is 2.29. The Morgan fingerprint density at radius 2 is 2.00 bits per heavy atom. The van der Waals surface area contributed by atoms with E-state index in [0.29, 0.717) is 11.4 Å². The zero-order chi connectivity index (χ0) is 13.1. The lowest BCUT2D eigenvalue weighted by molar-refractivity contribution is 0.409. The number of alkyl halides is 1. The van der Waals surface area contributed by atoms with Crippen molar-refractivity contribution in [3.8, 4) is 5.75 Å². The van der Waals surface area contributed by atoms with Gasteiger partial charge in [-0.1, -0.05) is 6.07 Å². The zero-order valence-electron chi connectivity index (χ0n) is 10.1. The van der Waals surface area contributed by atoms with Gasteiger partial charge in [0.1, 0.15) is 5.75 Å². The molecular weight excluding hydrogens is 262 g/mol. The van der Waals surface area contributed by atoms with Gasteiger partial charge >= 0.3 is 0 Å². The van der Waals surface area contributed by atoms with E-state index in [-0.39, 0.29) is 11.6 Å². The van der Waals surface area contributed by atoms with E-state index in [4.69, 9.17) is 16.3 Å². The fourth-order valence-corrected chi connectivity index (χ4v) is 3.04. The predicted octanol–water partition coefficient (Wildman–Crippen LogP) is 2.29. The van der Waals surface area contributed by atoms with Crippen molar-refractivity contribution in [2.24, 2.45) is 0 Å². The zero-order valence-corrected chi connectivity index (χ0v) is 11.7. The highest BCUT2D eigenvalue weighted by molar-refractivity contribution is 7.92. The van der Waals surface area contributed by atoms with Crippen LogP contribution in [0.1, 0.15) is 11.1 Å². The van der Waals surface area contributed by atoms with E-state index in [9.17, 15) is 8.42 Å². The molecular formula is C11H16ClNO3S. The molecule has 6 heteroatoms. The van der Waals surface area contributed by atoms with Crippen LogP contribution in [0.5, 0.6) is 5.75 Å². The lowest BCUT2D eigenvalue weighted by Crippen LogP contribution is -2.18. The molecule has 0 unspecified atom stereocenters. The lowest BCUT2D eigenvalue weighted by atomic mass is 10.1. The fraction of sp³-hybridized carbons (Fsp3) is 0.455. The number of ether oxygens (including phenoxy) is 1. The highest BCUT2D eigenvalue weighted by Gasteiger charge is 2.14. The van der Waals surface area contributed by atoms with Gasteiger partial charge < -0.3 is 4.74 Å². The van der Waals surface area contributed by atoms with Gasteiger partial charge in [0.05, 0.1) is 18.6 Å². The fourth-order valence-electron chi connectivity index (χ4n) is 1.57. The normalized spacial score (nSPS) is 11.3. The average Bonchev–Trinajstić information content (AvgIpc) is 2.23. The van der Waals surface area contributed by atoms with Crippen molar-refractivity contribution in [3.63, 3.8) is 0 Å². The minimum atomic E-state index is -3.38. The van der Waals surface area contributed by atoms with Gasteiger partial charge in [-0.25, -0.2) is 8.42 Å². The summed E-state index contributed by atoms with van der Waals surface area (Å²) in [5.74, 6) is 0.651. The smallest absolute Gasteiger partial charge is 0.233 e. The molecule has 1 aromatic carbocycles. The molecule has 0 radical (unpaired) electrons. The van der Waals surface area contributed by atoms with Crippen molar-refractivity contribution >= 4 is 27.3 Å². The number of rotatable bonds is 5. The van der Waals surface area contributed by atoms with Gasteiger partial charge in [0.15, 0.2) is 0 Å². The Hall–Kier alpha value is -0.940. The summed E-state index contributed by atoms with van der Waals surface area (Å²) in [5, 5.41) is 0. The van der Waals surface area contributed by atoms with Gasteiger partial charge in [-0.15, -0.1) is 11.6 Å². The molecule has 1 rings (SSSR count). The largest absolute Gasteiger partial charge is 0.496 e. The van der Waals surface area contributed by atoms with Crippen molar-refractivity contribution in [2.45, 2.75) is 13.8 Å². The Balaban J connectivity index is 3.09. The summed E-state index contributed by atoms with van der Waals surface area (Å²) in [6.07, 6.45) is 0. The van der Waals surface area contributed by atoms with E-state index in [1.54, 1.807) is 13.2 Å². The molecule has 0 spiro atoms. The van der Waals surface area contributed by atoms with E-state index in [1.165, 1.54) is 0 Å². The molecule has 0 heterocycles. The molecule has 0 saturated carbocycles. The standard InChI is InChI=1S/C11H16ClNO3S/c1-8-4-5-10(9(2)11(8)16-3)13-17(14,15)7-6-12/h4-5,13H,6-7H2,1-3H3. The number of hydrogen-bond acceptors (Lipinski definition) is 3. The Labute approximate surface area is 107 Å². The molecule has 1 N–H and O–H groups in total. The van der Waals surface area contributed by atoms with E-state index < -0.39 is 10.0 Å². The predicted molar refractivity (Wildman–Crippen MR) is 70.6 cm³/mol. The van der Waals surface area contributed by atoms with Crippen LogP contribution in [0.3, 0.4) is 0 Å². The molecule has 0 amide bonds. The molecule has 96 valence electrons. The molecule has 0 fully saturated rings. The van der Waals surface area contributed by atoms with E-state index in [1.807, 2.05) is 19.9 Å². The molecule has 17 heavy (non-hydrogen) atoms. The molecule has 0 bridgehead atoms. The van der Waals surface area contributed by atoms with Crippen LogP contribution in [-0.2, 0) is 10.0 Å². The lowest BCUT2D eigenvalue weighted by Gasteiger charge is -2.14. The molecule has 4 nitrogen and oxygen atoms in total. The Bertz CT molecular complexity index is 500. The maximum atomic E-state index is 11.6. The number of benzene rings is 1. The van der Waals surface area contributed by atoms with Crippen molar-refractivity contribution in [1.82, 2.24) is 0 Å². The first kappa shape index (κ1) is 14.1. The van der Waals surface area contributed by atoms with Crippen LogP contribution in [0.25, 0.3) is 0 Å². The topological polar surface area (TPSA) is 55.4 Å². The van der Waals surface area contributed by atoms with Crippen molar-refractivity contribution in [1.29, 1.82) is 0 Å². The van der Waals surface area contributed by atoms with Crippen molar-refractivity contribution in [2.75, 3.05) is 23.5 Å². The highest BCUT2D eigenvalue weighted by atomic mass is 35.5. The molecule has 1 aromatic rings. The number of hydrogen-bond donors (Lipinski definition) is 1. The van der Waals surface area contributed by atoms with Crippen LogP contribution >= 0.6 is 11.6 Å². The van der Waals surface area contributed by atoms with Crippen LogP contribution in [0.2, 0.25) is 0 Å². The summed E-state index contributed by atoms with van der Waals surface area (Å²) in [7, 11) is -1.82. The number of aryl methyl sites for hydroxylation is 1. The monoisotopic (exact) mass is 277 g/mol. The Morgan fingerprint density at radius 3 is 2.53 bits per heavy atom. The number of anilines is 1. The summed E-state index contributed by atoms with van der Waals surface area (Å²) in [5.41, 5.74) is 2.26. The second-order valence-electron chi connectivity index (χ2n) is 3.70. The first-order valence-corrected chi connectivity index (χ1v) is 7.30. The SMILES string of the molecule is COc1c(C)ccc(NS(=O)(=O)CCCl)c1C. The first-order valence-electron chi connectivity index (χ1n) is 5.12. The van der Waals surface area contributed by atoms with Gasteiger partial charge in [-0.3, -0.25) is 4.72 Å². The average molecular weight is 278 g/mol. The Kier molecular flexibility index (Phi) is 4.65. The van der Waals surface area contributed by atoms with Crippen LogP contribution in [0, 0.1) is 13.8 Å². The molecule has 0 aliphatic heterocycles. The second-order valence-corrected chi connectivity index (χ2v) is 5.92. The molecule has 0 aliphatic carbocycles. The number of halogens is 1. The van der Waals surface area contributed by atoms with Crippen LogP contribution in [-0.4, -0.2) is 27.2 Å². The molecule has 0 saturated heterocycles. The summed E-state index contributed by atoms with van der Waals surface area (Å²) in [6.45, 7) is 3.72. The summed E-state index contributed by atoms with van der Waals surface area (Å²) < 4.78 is 30.9. The van der Waals surface area contributed by atoms with E-state index >= 15 is 0 Å². The minimum absolute atomic E-state index is 0.0668. The number of nitrogens with one attached hydrogen (secondary N) is 1. The minimum Gasteiger partial charge on any atom is -0.496 e. The third kappa shape index (κ3) is 3.51. The summed E-state index contributed by atoms with van der Waals surface area (Å²) in [6, 6.07) is 3.53. The third-order valence-corrected chi connectivity index (χ3v) is 4.10. The maximum Gasteiger partial charge on any atom is 0.233 e. The van der Waals surface area contributed by atoms with Gasteiger partial charge in [-0.05, 0) is 25.5 Å². The molecule has 0 atom stereocenters. The summed E-state index contributed by atoms with van der Waals surface area (Å²) in [4.78, 5) is 0. The maximum absolute atomic E-state index is 11.6. The first-order chi connectivity index (χ1) is 7.91. The van der Waals surface area contributed by atoms with E-state index in [2.05, 4.69) is 4.72 Å². The molecule has 0 aromatic heterocycles. The van der Waals surface area contributed by atoms with Gasteiger partial charge in [0, 0.05) is 11.4 Å². The van der Waals surface area contributed by atoms with Crippen molar-refractivity contribution < 1.29 is 13.2 Å². The van der Waals surface area contributed by atoms with Crippen LogP contribution in [0.4, 0.5) is 5.69 Å². The molecule has 0 aliphatic rings. The van der Waals surface area contributed by atoms with Gasteiger partial charge in [0.25, 0.3) is 0 Å². The van der Waals surface area contributed by atoms with Crippen LogP contribution < -0.4 is 9.46 Å². The summed E-state index contributed by atoms with van der Waals surface area (Å²) >= 11 is 5.43. The Morgan fingerprint density at radius 1 is 1.35 bits per heavy atom. The third-order valence-electron chi connectivity index (χ3n) is 2.42. The second kappa shape index (κ2) is 5.60. The number of sulfonamides is 1. The van der Waals surface area contributed by atoms with Crippen LogP contribution in [0.15, 0.2) is 12.1 Å². The number of methoxy groups -OCH3 is 1. The van der Waals surface area contributed by atoms with Crippen molar-refractivity contribution in [3.05, 3.63) is 23.3 Å². The van der Waals surface area contributed by atoms with Gasteiger partial charge in [0.2, 0.25) is 10.0 Å². The van der Waals surface area contributed by atoms with E-state index in [0.717, 1.165) is 11.1 Å².